The van der Waals surface area contributed by atoms with Crippen LogP contribution in [0.2, 0.25) is 5.15 Å². The standard InChI is InChI=1S/C13H12ClN/c1-9-3-4-10(2)12(7-9)11-5-6-13(14)15-8-11/h3-8H,1-2H3. The summed E-state index contributed by atoms with van der Waals surface area (Å²) in [7, 11) is 0. The SMILES string of the molecule is Cc1ccc(C)c(-c2ccc(Cl)nc2)c1. The quantitative estimate of drug-likeness (QED) is 0.658. The van der Waals surface area contributed by atoms with Crippen molar-refractivity contribution in [2.24, 2.45) is 0 Å². The Balaban J connectivity index is 2.53. The Labute approximate surface area is 94.7 Å². The topological polar surface area (TPSA) is 12.9 Å². The van der Waals surface area contributed by atoms with Crippen LogP contribution in [0.15, 0.2) is 36.5 Å². The van der Waals surface area contributed by atoms with Crippen molar-refractivity contribution in [2.45, 2.75) is 13.8 Å². The van der Waals surface area contributed by atoms with E-state index in [-0.39, 0.29) is 0 Å². The highest BCUT2D eigenvalue weighted by Gasteiger charge is 2.02. The molecule has 0 fully saturated rings. The summed E-state index contributed by atoms with van der Waals surface area (Å²) in [4.78, 5) is 4.09. The fourth-order valence-electron chi connectivity index (χ4n) is 1.58. The van der Waals surface area contributed by atoms with Gasteiger partial charge in [-0.3, -0.25) is 0 Å². The summed E-state index contributed by atoms with van der Waals surface area (Å²) in [5.41, 5.74) is 4.84. The summed E-state index contributed by atoms with van der Waals surface area (Å²) in [5.74, 6) is 0. The number of rotatable bonds is 1. The summed E-state index contributed by atoms with van der Waals surface area (Å²) < 4.78 is 0. The molecule has 0 N–H and O–H groups in total. The van der Waals surface area contributed by atoms with Gasteiger partial charge in [0.25, 0.3) is 0 Å². The minimum absolute atomic E-state index is 0.532. The van der Waals surface area contributed by atoms with Crippen LogP contribution in [0.1, 0.15) is 11.1 Å². The summed E-state index contributed by atoms with van der Waals surface area (Å²) in [6, 6.07) is 10.2. The summed E-state index contributed by atoms with van der Waals surface area (Å²) in [6.45, 7) is 4.19. The number of hydrogen-bond donors (Lipinski definition) is 0. The molecular weight excluding hydrogens is 206 g/mol. The second-order valence-electron chi connectivity index (χ2n) is 3.69. The van der Waals surface area contributed by atoms with Gasteiger partial charge in [0.05, 0.1) is 0 Å². The van der Waals surface area contributed by atoms with Crippen LogP contribution in [-0.2, 0) is 0 Å². The fourth-order valence-corrected chi connectivity index (χ4v) is 1.69. The Kier molecular flexibility index (Phi) is 2.74. The van der Waals surface area contributed by atoms with E-state index in [0.717, 1.165) is 5.56 Å². The molecule has 0 spiro atoms. The second kappa shape index (κ2) is 4.03. The average molecular weight is 218 g/mol. The molecule has 15 heavy (non-hydrogen) atoms. The molecule has 0 aliphatic heterocycles. The molecule has 1 heterocycles. The van der Waals surface area contributed by atoms with Gasteiger partial charge in [-0.15, -0.1) is 0 Å². The lowest BCUT2D eigenvalue weighted by molar-refractivity contribution is 1.31. The molecule has 1 aromatic carbocycles. The van der Waals surface area contributed by atoms with Gasteiger partial charge in [0.1, 0.15) is 5.15 Å². The van der Waals surface area contributed by atoms with Gasteiger partial charge in [0.15, 0.2) is 0 Å². The molecule has 1 aromatic heterocycles. The third-order valence-electron chi connectivity index (χ3n) is 2.43. The van der Waals surface area contributed by atoms with Gasteiger partial charge in [-0.2, -0.15) is 0 Å². The van der Waals surface area contributed by atoms with Gasteiger partial charge in [-0.25, -0.2) is 4.98 Å². The van der Waals surface area contributed by atoms with Gasteiger partial charge in [-0.05, 0) is 37.1 Å². The van der Waals surface area contributed by atoms with Gasteiger partial charge in [-0.1, -0.05) is 35.4 Å². The molecule has 2 rings (SSSR count). The second-order valence-corrected chi connectivity index (χ2v) is 4.08. The van der Waals surface area contributed by atoms with E-state index in [2.05, 4.69) is 37.0 Å². The van der Waals surface area contributed by atoms with Crippen molar-refractivity contribution < 1.29 is 0 Å². The molecule has 0 unspecified atom stereocenters. The molecule has 76 valence electrons. The number of aryl methyl sites for hydroxylation is 2. The molecule has 2 aromatic rings. The molecular formula is C13H12ClN. The van der Waals surface area contributed by atoms with E-state index >= 15 is 0 Å². The zero-order chi connectivity index (χ0) is 10.8. The highest BCUT2D eigenvalue weighted by molar-refractivity contribution is 6.29. The van der Waals surface area contributed by atoms with E-state index in [1.807, 2.05) is 18.3 Å². The number of pyridine rings is 1. The van der Waals surface area contributed by atoms with Crippen molar-refractivity contribution >= 4 is 11.6 Å². The van der Waals surface area contributed by atoms with E-state index in [1.165, 1.54) is 16.7 Å². The number of nitrogens with zero attached hydrogens (tertiary/aromatic N) is 1. The molecule has 0 saturated carbocycles. The van der Waals surface area contributed by atoms with Crippen LogP contribution in [-0.4, -0.2) is 4.98 Å². The zero-order valence-corrected chi connectivity index (χ0v) is 9.55. The largest absolute Gasteiger partial charge is 0.244 e. The van der Waals surface area contributed by atoms with E-state index in [4.69, 9.17) is 11.6 Å². The molecule has 0 aliphatic carbocycles. The lowest BCUT2D eigenvalue weighted by Gasteiger charge is -2.06. The van der Waals surface area contributed by atoms with Crippen LogP contribution in [0.5, 0.6) is 0 Å². The van der Waals surface area contributed by atoms with Crippen molar-refractivity contribution in [3.8, 4) is 11.1 Å². The van der Waals surface area contributed by atoms with Crippen molar-refractivity contribution in [1.82, 2.24) is 4.98 Å². The van der Waals surface area contributed by atoms with E-state index in [1.54, 1.807) is 0 Å². The van der Waals surface area contributed by atoms with Crippen molar-refractivity contribution in [3.05, 3.63) is 52.8 Å². The highest BCUT2D eigenvalue weighted by Crippen LogP contribution is 2.24. The van der Waals surface area contributed by atoms with Crippen LogP contribution in [0.3, 0.4) is 0 Å². The average Bonchev–Trinajstić information content (AvgIpc) is 2.23. The van der Waals surface area contributed by atoms with Gasteiger partial charge < -0.3 is 0 Å². The molecule has 1 nitrogen and oxygen atoms in total. The van der Waals surface area contributed by atoms with Crippen LogP contribution in [0.25, 0.3) is 11.1 Å². The first-order chi connectivity index (χ1) is 7.16. The van der Waals surface area contributed by atoms with Crippen molar-refractivity contribution in [3.63, 3.8) is 0 Å². The Morgan fingerprint density at radius 1 is 1.07 bits per heavy atom. The van der Waals surface area contributed by atoms with Crippen LogP contribution < -0.4 is 0 Å². The van der Waals surface area contributed by atoms with Crippen molar-refractivity contribution in [2.75, 3.05) is 0 Å². The molecule has 0 bridgehead atoms. The van der Waals surface area contributed by atoms with E-state index < -0.39 is 0 Å². The Morgan fingerprint density at radius 3 is 2.53 bits per heavy atom. The lowest BCUT2D eigenvalue weighted by Crippen LogP contribution is -1.85. The van der Waals surface area contributed by atoms with E-state index in [9.17, 15) is 0 Å². The smallest absolute Gasteiger partial charge is 0.129 e. The summed E-state index contributed by atoms with van der Waals surface area (Å²) in [5, 5.41) is 0.532. The number of hydrogen-bond acceptors (Lipinski definition) is 1. The van der Waals surface area contributed by atoms with Crippen LogP contribution in [0, 0.1) is 13.8 Å². The summed E-state index contributed by atoms with van der Waals surface area (Å²) in [6.07, 6.45) is 1.81. The number of benzene rings is 1. The minimum Gasteiger partial charge on any atom is -0.244 e. The first-order valence-electron chi connectivity index (χ1n) is 4.86. The Hall–Kier alpha value is -1.34. The predicted molar refractivity (Wildman–Crippen MR) is 64.2 cm³/mol. The normalized spacial score (nSPS) is 10.3. The van der Waals surface area contributed by atoms with E-state index in [0.29, 0.717) is 5.15 Å². The summed E-state index contributed by atoms with van der Waals surface area (Å²) >= 11 is 5.76. The third-order valence-corrected chi connectivity index (χ3v) is 2.66. The maximum Gasteiger partial charge on any atom is 0.129 e. The van der Waals surface area contributed by atoms with Gasteiger partial charge >= 0.3 is 0 Å². The molecule has 0 atom stereocenters. The fraction of sp³-hybridized carbons (Fsp3) is 0.154. The maximum absolute atomic E-state index is 5.76. The van der Waals surface area contributed by atoms with Crippen molar-refractivity contribution in [1.29, 1.82) is 0 Å². The van der Waals surface area contributed by atoms with Crippen LogP contribution in [0.4, 0.5) is 0 Å². The lowest BCUT2D eigenvalue weighted by atomic mass is 10.00. The maximum atomic E-state index is 5.76. The highest BCUT2D eigenvalue weighted by atomic mass is 35.5. The first kappa shape index (κ1) is 10.2. The predicted octanol–water partition coefficient (Wildman–Crippen LogP) is 4.02. The zero-order valence-electron chi connectivity index (χ0n) is 8.79. The first-order valence-corrected chi connectivity index (χ1v) is 5.24. The third kappa shape index (κ3) is 2.18. The van der Waals surface area contributed by atoms with Crippen LogP contribution >= 0.6 is 11.6 Å². The van der Waals surface area contributed by atoms with Gasteiger partial charge in [0.2, 0.25) is 0 Å². The molecule has 0 amide bonds. The molecule has 2 heteroatoms. The Bertz CT molecular complexity index is 474. The monoisotopic (exact) mass is 217 g/mol. The molecule has 0 saturated heterocycles. The molecule has 0 radical (unpaired) electrons. The van der Waals surface area contributed by atoms with Gasteiger partial charge in [0, 0.05) is 11.8 Å². The number of aromatic nitrogens is 1. The minimum atomic E-state index is 0.532. The Morgan fingerprint density at radius 2 is 1.87 bits per heavy atom. The number of halogens is 1. The molecule has 0 aliphatic rings.